The number of benzene rings is 1. The second kappa shape index (κ2) is 10.6. The van der Waals surface area contributed by atoms with Gasteiger partial charge in [0.05, 0.1) is 0 Å². The van der Waals surface area contributed by atoms with Crippen molar-refractivity contribution in [3.8, 4) is 11.5 Å². The summed E-state index contributed by atoms with van der Waals surface area (Å²) in [6.45, 7) is 2.19. The molecule has 1 rings (SSSR count). The molecule has 0 radical (unpaired) electrons. The number of unbranched alkanes of at least 4 members (excludes halogenated alkanes) is 5. The smallest absolute Gasteiger partial charge is 0.311 e. The Balaban J connectivity index is 2.18. The van der Waals surface area contributed by atoms with Gasteiger partial charge in [0.15, 0.2) is 0 Å². The van der Waals surface area contributed by atoms with Crippen molar-refractivity contribution in [2.75, 3.05) is 0 Å². The lowest BCUT2D eigenvalue weighted by molar-refractivity contribution is -0.134. The van der Waals surface area contributed by atoms with E-state index >= 15 is 0 Å². The number of carbonyl (C=O) groups is 1. The summed E-state index contributed by atoms with van der Waals surface area (Å²) >= 11 is 0.286. The Morgan fingerprint density at radius 3 is 2.30 bits per heavy atom. The number of esters is 1. The molecule has 0 saturated carbocycles. The molecule has 0 amide bonds. The highest BCUT2D eigenvalue weighted by Crippen LogP contribution is 2.20. The van der Waals surface area contributed by atoms with Crippen molar-refractivity contribution < 1.29 is 18.3 Å². The molecule has 0 unspecified atom stereocenters. The first kappa shape index (κ1) is 16.9. The zero-order chi connectivity index (χ0) is 14.6. The Kier molecular flexibility index (Phi) is 8.91. The third-order valence-corrected chi connectivity index (χ3v) is 3.19. The van der Waals surface area contributed by atoms with Crippen LogP contribution in [0, 0.1) is 0 Å². The van der Waals surface area contributed by atoms with Crippen molar-refractivity contribution >= 4 is 18.3 Å². The molecule has 0 aliphatic carbocycles. The van der Waals surface area contributed by atoms with Crippen molar-refractivity contribution in [1.82, 2.24) is 0 Å². The second-order valence-corrected chi connectivity index (χ2v) is 4.94. The second-order valence-electron chi connectivity index (χ2n) is 4.62. The zero-order valence-electron chi connectivity index (χ0n) is 11.8. The van der Waals surface area contributed by atoms with Gasteiger partial charge in [0.1, 0.15) is 11.5 Å². The van der Waals surface area contributed by atoms with Crippen molar-refractivity contribution in [3.63, 3.8) is 0 Å². The van der Waals surface area contributed by atoms with E-state index in [2.05, 4.69) is 6.92 Å². The molecule has 20 heavy (non-hydrogen) atoms. The standard InChI is InChI=1S/C15H22O4S/c1-2-3-4-5-6-7-8-15(16)18-13-9-11-14(12-10-13)19-20-17/h9-12,17H,2-8H2,1H3. The molecular formula is C15H22O4S. The molecule has 0 aromatic heterocycles. The van der Waals surface area contributed by atoms with E-state index in [9.17, 15) is 4.79 Å². The van der Waals surface area contributed by atoms with E-state index in [0.717, 1.165) is 12.8 Å². The predicted molar refractivity (Wildman–Crippen MR) is 80.9 cm³/mol. The summed E-state index contributed by atoms with van der Waals surface area (Å²) in [7, 11) is 0. The van der Waals surface area contributed by atoms with Crippen LogP contribution in [0.25, 0.3) is 0 Å². The van der Waals surface area contributed by atoms with Crippen LogP contribution >= 0.6 is 12.3 Å². The van der Waals surface area contributed by atoms with Gasteiger partial charge < -0.3 is 8.92 Å². The van der Waals surface area contributed by atoms with E-state index in [1.54, 1.807) is 24.3 Å². The van der Waals surface area contributed by atoms with Crippen LogP contribution < -0.4 is 8.92 Å². The van der Waals surface area contributed by atoms with Gasteiger partial charge in [-0.1, -0.05) is 39.0 Å². The monoisotopic (exact) mass is 298 g/mol. The topological polar surface area (TPSA) is 55.8 Å². The van der Waals surface area contributed by atoms with E-state index < -0.39 is 0 Å². The Hall–Kier alpha value is -1.20. The fourth-order valence-electron chi connectivity index (χ4n) is 1.84. The van der Waals surface area contributed by atoms with Gasteiger partial charge in [0.25, 0.3) is 0 Å². The van der Waals surface area contributed by atoms with Crippen molar-refractivity contribution in [2.45, 2.75) is 51.9 Å². The molecule has 0 aliphatic rings. The quantitative estimate of drug-likeness (QED) is 0.290. The Labute approximate surface area is 124 Å². The molecule has 0 atom stereocenters. The lowest BCUT2D eigenvalue weighted by Crippen LogP contribution is -2.07. The van der Waals surface area contributed by atoms with Crippen LogP contribution in [0.1, 0.15) is 51.9 Å². The fraction of sp³-hybridized carbons (Fsp3) is 0.533. The van der Waals surface area contributed by atoms with Crippen molar-refractivity contribution in [1.29, 1.82) is 0 Å². The summed E-state index contributed by atoms with van der Waals surface area (Å²) in [5.74, 6) is 0.801. The molecule has 0 aliphatic heterocycles. The molecule has 1 aromatic rings. The van der Waals surface area contributed by atoms with Crippen LogP contribution in [-0.4, -0.2) is 10.5 Å². The summed E-state index contributed by atoms with van der Waals surface area (Å²) in [6, 6.07) is 6.56. The number of carbonyl (C=O) groups excluding carboxylic acids is 1. The number of ether oxygens (including phenoxy) is 1. The summed E-state index contributed by atoms with van der Waals surface area (Å²) < 4.78 is 18.5. The first-order valence-electron chi connectivity index (χ1n) is 7.05. The molecule has 0 bridgehead atoms. The maximum Gasteiger partial charge on any atom is 0.311 e. The van der Waals surface area contributed by atoms with Crippen LogP contribution in [0.2, 0.25) is 0 Å². The SMILES string of the molecule is CCCCCCCCC(=O)Oc1ccc(OSO)cc1. The molecular weight excluding hydrogens is 276 g/mol. The maximum atomic E-state index is 11.6. The molecule has 1 N–H and O–H groups in total. The highest BCUT2D eigenvalue weighted by molar-refractivity contribution is 7.89. The van der Waals surface area contributed by atoms with Gasteiger partial charge in [-0.25, -0.2) is 0 Å². The fourth-order valence-corrected chi connectivity index (χ4v) is 2.04. The Morgan fingerprint density at radius 1 is 1.05 bits per heavy atom. The highest BCUT2D eigenvalue weighted by Gasteiger charge is 2.05. The molecule has 0 heterocycles. The normalized spacial score (nSPS) is 10.3. The van der Waals surface area contributed by atoms with Crippen LogP contribution in [0.3, 0.4) is 0 Å². The minimum atomic E-state index is -0.203. The first-order chi connectivity index (χ1) is 9.76. The van der Waals surface area contributed by atoms with E-state index in [1.165, 1.54) is 25.7 Å². The summed E-state index contributed by atoms with van der Waals surface area (Å²) in [4.78, 5) is 11.6. The summed E-state index contributed by atoms with van der Waals surface area (Å²) in [6.07, 6.45) is 7.35. The van der Waals surface area contributed by atoms with E-state index in [-0.39, 0.29) is 18.3 Å². The van der Waals surface area contributed by atoms with Crippen LogP contribution in [-0.2, 0) is 4.79 Å². The molecule has 0 saturated heterocycles. The molecule has 0 spiro atoms. The lowest BCUT2D eigenvalue weighted by Gasteiger charge is -2.05. The van der Waals surface area contributed by atoms with Gasteiger partial charge in [0.2, 0.25) is 12.3 Å². The Bertz CT molecular complexity index is 378. The number of hydrogen-bond donors (Lipinski definition) is 1. The molecule has 0 fully saturated rings. The van der Waals surface area contributed by atoms with Gasteiger partial charge in [-0.15, -0.1) is 0 Å². The minimum absolute atomic E-state index is 0.203. The Morgan fingerprint density at radius 2 is 1.65 bits per heavy atom. The van der Waals surface area contributed by atoms with E-state index in [1.807, 2.05) is 0 Å². The van der Waals surface area contributed by atoms with Gasteiger partial charge >= 0.3 is 5.97 Å². The number of hydrogen-bond acceptors (Lipinski definition) is 5. The van der Waals surface area contributed by atoms with Gasteiger partial charge in [-0.3, -0.25) is 9.35 Å². The van der Waals surface area contributed by atoms with Gasteiger partial charge in [-0.2, -0.15) is 0 Å². The van der Waals surface area contributed by atoms with Gasteiger partial charge in [0, 0.05) is 6.42 Å². The van der Waals surface area contributed by atoms with E-state index in [4.69, 9.17) is 13.5 Å². The van der Waals surface area contributed by atoms with E-state index in [0.29, 0.717) is 17.9 Å². The average Bonchev–Trinajstić information content (AvgIpc) is 2.45. The molecule has 4 nitrogen and oxygen atoms in total. The third kappa shape index (κ3) is 7.40. The minimum Gasteiger partial charge on any atom is -0.427 e. The predicted octanol–water partition coefficient (Wildman–Crippen LogP) is 4.84. The third-order valence-electron chi connectivity index (χ3n) is 2.92. The van der Waals surface area contributed by atoms with Crippen LogP contribution in [0.5, 0.6) is 11.5 Å². The van der Waals surface area contributed by atoms with Crippen molar-refractivity contribution in [3.05, 3.63) is 24.3 Å². The van der Waals surface area contributed by atoms with Crippen LogP contribution in [0.4, 0.5) is 0 Å². The molecule has 1 aromatic carbocycles. The molecule has 112 valence electrons. The highest BCUT2D eigenvalue weighted by atomic mass is 32.2. The first-order valence-corrected chi connectivity index (χ1v) is 7.75. The maximum absolute atomic E-state index is 11.6. The van der Waals surface area contributed by atoms with Gasteiger partial charge in [-0.05, 0) is 30.7 Å². The summed E-state index contributed by atoms with van der Waals surface area (Å²) in [5.41, 5.74) is 0. The lowest BCUT2D eigenvalue weighted by atomic mass is 10.1. The summed E-state index contributed by atoms with van der Waals surface area (Å²) in [5, 5.41) is 0. The van der Waals surface area contributed by atoms with Crippen molar-refractivity contribution in [2.24, 2.45) is 0 Å². The largest absolute Gasteiger partial charge is 0.427 e. The zero-order valence-corrected chi connectivity index (χ0v) is 12.7. The molecule has 5 heteroatoms. The average molecular weight is 298 g/mol. The number of rotatable bonds is 10. The van der Waals surface area contributed by atoms with Crippen LogP contribution in [0.15, 0.2) is 24.3 Å².